The van der Waals surface area contributed by atoms with E-state index in [0.29, 0.717) is 12.3 Å². The summed E-state index contributed by atoms with van der Waals surface area (Å²) in [6, 6.07) is 3.75. The number of nitrogens with zero attached hydrogens (tertiary/aromatic N) is 1. The first-order valence-electron chi connectivity index (χ1n) is 6.30. The van der Waals surface area contributed by atoms with Crippen LogP contribution in [-0.4, -0.2) is 10.8 Å². The van der Waals surface area contributed by atoms with Crippen LogP contribution in [0.1, 0.15) is 63.5 Å². The summed E-state index contributed by atoms with van der Waals surface area (Å²) in [7, 11) is 0. The number of hydrogen-bond donors (Lipinski definition) is 0. The Morgan fingerprint density at radius 3 is 2.53 bits per heavy atom. The van der Waals surface area contributed by atoms with Crippen LogP contribution in [0.4, 0.5) is 0 Å². The zero-order chi connectivity index (χ0) is 13.1. The van der Waals surface area contributed by atoms with Gasteiger partial charge in [0, 0.05) is 29.3 Å². The van der Waals surface area contributed by atoms with Crippen LogP contribution in [0, 0.1) is 5.92 Å². The average Bonchev–Trinajstić information content (AvgIpc) is 2.25. The van der Waals surface area contributed by atoms with Crippen molar-refractivity contribution in [2.45, 2.75) is 52.9 Å². The quantitative estimate of drug-likeness (QED) is 0.736. The summed E-state index contributed by atoms with van der Waals surface area (Å²) in [6.07, 6.45) is 3.32. The summed E-state index contributed by atoms with van der Waals surface area (Å²) in [6.45, 7) is 10.6. The molecular formula is C15H23NO. The molecule has 0 aliphatic rings. The molecule has 0 amide bonds. The predicted octanol–water partition coefficient (Wildman–Crippen LogP) is 4.00. The molecule has 17 heavy (non-hydrogen) atoms. The largest absolute Gasteiger partial charge is 0.294 e. The second kappa shape index (κ2) is 5.44. The third-order valence-electron chi connectivity index (χ3n) is 2.80. The van der Waals surface area contributed by atoms with Crippen LogP contribution in [0.2, 0.25) is 0 Å². The summed E-state index contributed by atoms with van der Waals surface area (Å²) in [4.78, 5) is 16.3. The first kappa shape index (κ1) is 13.9. The van der Waals surface area contributed by atoms with Gasteiger partial charge in [-0.05, 0) is 24.5 Å². The number of Topliss-reactive ketones (excluding diaryl/α,β-unsaturated/α-hetero) is 1. The van der Waals surface area contributed by atoms with Gasteiger partial charge in [-0.2, -0.15) is 0 Å². The number of aromatic nitrogens is 1. The van der Waals surface area contributed by atoms with E-state index in [1.165, 1.54) is 0 Å². The molecule has 1 aromatic rings. The summed E-state index contributed by atoms with van der Waals surface area (Å²) < 4.78 is 0. The lowest BCUT2D eigenvalue weighted by Gasteiger charge is -2.18. The highest BCUT2D eigenvalue weighted by atomic mass is 16.1. The third-order valence-corrected chi connectivity index (χ3v) is 2.80. The van der Waals surface area contributed by atoms with E-state index < -0.39 is 0 Å². The van der Waals surface area contributed by atoms with Gasteiger partial charge >= 0.3 is 0 Å². The molecule has 1 rings (SSSR count). The van der Waals surface area contributed by atoms with Gasteiger partial charge in [-0.1, -0.05) is 34.6 Å². The number of hydrogen-bond acceptors (Lipinski definition) is 2. The van der Waals surface area contributed by atoms with Gasteiger partial charge in [0.25, 0.3) is 0 Å². The molecular weight excluding hydrogens is 210 g/mol. The number of carbonyl (C=O) groups excluding carboxylic acids is 1. The summed E-state index contributed by atoms with van der Waals surface area (Å²) in [5.41, 5.74) is 1.77. The molecule has 2 nitrogen and oxygen atoms in total. The van der Waals surface area contributed by atoms with E-state index in [2.05, 4.69) is 39.6 Å². The lowest BCUT2D eigenvalue weighted by molar-refractivity contribution is 0.0975. The van der Waals surface area contributed by atoms with Gasteiger partial charge in [-0.25, -0.2) is 0 Å². The Bertz CT molecular complexity index is 388. The van der Waals surface area contributed by atoms with Gasteiger partial charge in [-0.15, -0.1) is 0 Å². The maximum absolute atomic E-state index is 12.0. The van der Waals surface area contributed by atoms with Gasteiger partial charge in [0.05, 0.1) is 0 Å². The normalized spacial score (nSPS) is 11.9. The molecule has 0 atom stereocenters. The summed E-state index contributed by atoms with van der Waals surface area (Å²) >= 11 is 0. The Hall–Kier alpha value is -1.18. The molecule has 0 aliphatic carbocycles. The van der Waals surface area contributed by atoms with Gasteiger partial charge in [-0.3, -0.25) is 9.78 Å². The Balaban J connectivity index is 2.81. The molecule has 0 saturated carbocycles. The van der Waals surface area contributed by atoms with Crippen molar-refractivity contribution in [3.63, 3.8) is 0 Å². The van der Waals surface area contributed by atoms with Crippen LogP contribution in [0.15, 0.2) is 18.3 Å². The molecule has 0 bridgehead atoms. The van der Waals surface area contributed by atoms with E-state index in [1.54, 1.807) is 6.20 Å². The smallest absolute Gasteiger partial charge is 0.163 e. The Kier molecular flexibility index (Phi) is 4.44. The Morgan fingerprint density at radius 2 is 2.00 bits per heavy atom. The van der Waals surface area contributed by atoms with Crippen LogP contribution in [0.3, 0.4) is 0 Å². The van der Waals surface area contributed by atoms with Crippen molar-refractivity contribution < 1.29 is 4.79 Å². The van der Waals surface area contributed by atoms with Crippen molar-refractivity contribution in [2.75, 3.05) is 0 Å². The molecule has 2 heteroatoms. The van der Waals surface area contributed by atoms with Crippen LogP contribution in [0.5, 0.6) is 0 Å². The van der Waals surface area contributed by atoms with Crippen molar-refractivity contribution >= 4 is 5.78 Å². The number of ketones is 1. The van der Waals surface area contributed by atoms with Crippen molar-refractivity contribution in [2.24, 2.45) is 5.92 Å². The van der Waals surface area contributed by atoms with E-state index >= 15 is 0 Å². The molecule has 0 N–H and O–H groups in total. The Morgan fingerprint density at radius 1 is 1.35 bits per heavy atom. The van der Waals surface area contributed by atoms with Crippen LogP contribution < -0.4 is 0 Å². The van der Waals surface area contributed by atoms with E-state index in [-0.39, 0.29) is 11.2 Å². The van der Waals surface area contributed by atoms with Crippen molar-refractivity contribution in [3.8, 4) is 0 Å². The standard InChI is InChI=1S/C15H23NO/c1-11(2)6-7-13(17)12-8-9-16-14(10-12)15(3,4)5/h8-11H,6-7H2,1-5H3. The topological polar surface area (TPSA) is 30.0 Å². The molecule has 1 aromatic heterocycles. The molecule has 0 aliphatic heterocycles. The van der Waals surface area contributed by atoms with Crippen molar-refractivity contribution in [1.82, 2.24) is 4.98 Å². The summed E-state index contributed by atoms with van der Waals surface area (Å²) in [5.74, 6) is 0.800. The number of pyridine rings is 1. The fourth-order valence-corrected chi connectivity index (χ4v) is 1.58. The number of carbonyl (C=O) groups is 1. The fraction of sp³-hybridized carbons (Fsp3) is 0.600. The van der Waals surface area contributed by atoms with Gasteiger partial charge in [0.1, 0.15) is 0 Å². The van der Waals surface area contributed by atoms with Gasteiger partial charge in [0.2, 0.25) is 0 Å². The molecule has 0 saturated heterocycles. The molecule has 0 fully saturated rings. The minimum Gasteiger partial charge on any atom is -0.294 e. The lowest BCUT2D eigenvalue weighted by atomic mass is 9.90. The van der Waals surface area contributed by atoms with Crippen LogP contribution in [-0.2, 0) is 5.41 Å². The average molecular weight is 233 g/mol. The lowest BCUT2D eigenvalue weighted by Crippen LogP contribution is -2.14. The van der Waals surface area contributed by atoms with Gasteiger partial charge < -0.3 is 0 Å². The monoisotopic (exact) mass is 233 g/mol. The molecule has 94 valence electrons. The summed E-state index contributed by atoms with van der Waals surface area (Å²) in [5, 5.41) is 0. The minimum atomic E-state index is -0.00562. The van der Waals surface area contributed by atoms with Crippen molar-refractivity contribution in [3.05, 3.63) is 29.6 Å². The molecule has 1 heterocycles. The second-order valence-electron chi connectivity index (χ2n) is 6.04. The molecule has 0 unspecified atom stereocenters. The zero-order valence-corrected chi connectivity index (χ0v) is 11.6. The number of rotatable bonds is 4. The van der Waals surface area contributed by atoms with E-state index in [0.717, 1.165) is 17.7 Å². The van der Waals surface area contributed by atoms with E-state index in [1.807, 2.05) is 12.1 Å². The first-order valence-corrected chi connectivity index (χ1v) is 6.30. The molecule has 0 aromatic carbocycles. The van der Waals surface area contributed by atoms with Gasteiger partial charge in [0.15, 0.2) is 5.78 Å². The highest BCUT2D eigenvalue weighted by molar-refractivity contribution is 5.96. The molecule has 0 spiro atoms. The third kappa shape index (κ3) is 4.29. The first-order chi connectivity index (χ1) is 7.80. The SMILES string of the molecule is CC(C)CCC(=O)c1ccnc(C(C)(C)C)c1. The van der Waals surface area contributed by atoms with E-state index in [4.69, 9.17) is 0 Å². The second-order valence-corrected chi connectivity index (χ2v) is 6.04. The molecule has 0 radical (unpaired) electrons. The predicted molar refractivity (Wildman–Crippen MR) is 71.3 cm³/mol. The minimum absolute atomic E-state index is 0.00562. The fourth-order valence-electron chi connectivity index (χ4n) is 1.58. The maximum atomic E-state index is 12.0. The van der Waals surface area contributed by atoms with Crippen LogP contribution >= 0.6 is 0 Å². The van der Waals surface area contributed by atoms with Crippen molar-refractivity contribution in [1.29, 1.82) is 0 Å². The van der Waals surface area contributed by atoms with Crippen LogP contribution in [0.25, 0.3) is 0 Å². The highest BCUT2D eigenvalue weighted by Gasteiger charge is 2.17. The zero-order valence-electron chi connectivity index (χ0n) is 11.6. The van der Waals surface area contributed by atoms with E-state index in [9.17, 15) is 4.79 Å². The Labute approximate surface area is 104 Å². The maximum Gasteiger partial charge on any atom is 0.163 e. The highest BCUT2D eigenvalue weighted by Crippen LogP contribution is 2.21.